The summed E-state index contributed by atoms with van der Waals surface area (Å²) in [6.45, 7) is 0. The number of anilines is 1. The fourth-order valence-electron chi connectivity index (χ4n) is 1.15. The van der Waals surface area contributed by atoms with Crippen molar-refractivity contribution in [2.75, 3.05) is 5.43 Å². The number of nitrogen functional groups attached to an aromatic ring is 1. The predicted molar refractivity (Wildman–Crippen MR) is 54.3 cm³/mol. The highest BCUT2D eigenvalue weighted by molar-refractivity contribution is 6.30. The lowest BCUT2D eigenvalue weighted by molar-refractivity contribution is 1.04. The van der Waals surface area contributed by atoms with E-state index in [9.17, 15) is 4.79 Å². The van der Waals surface area contributed by atoms with E-state index in [4.69, 9.17) is 17.4 Å². The molecule has 3 N–H and O–H groups in total. The number of halogens is 1. The maximum atomic E-state index is 11.5. The molecule has 0 fully saturated rings. The highest BCUT2D eigenvalue weighted by Crippen LogP contribution is 2.09. The zero-order valence-electron chi connectivity index (χ0n) is 7.07. The Morgan fingerprint density at radius 3 is 3.00 bits per heavy atom. The van der Waals surface area contributed by atoms with Crippen molar-refractivity contribution >= 4 is 23.1 Å². The number of hydrogen-bond acceptors (Lipinski definition) is 4. The average molecular weight is 211 g/mol. The van der Waals surface area contributed by atoms with Crippen LogP contribution in [-0.2, 0) is 0 Å². The van der Waals surface area contributed by atoms with Crippen molar-refractivity contribution in [2.45, 2.75) is 0 Å². The molecule has 0 aliphatic rings. The molecule has 0 radical (unpaired) electrons. The summed E-state index contributed by atoms with van der Waals surface area (Å²) in [7, 11) is 0. The van der Waals surface area contributed by atoms with Gasteiger partial charge in [-0.05, 0) is 12.1 Å². The third-order valence-corrected chi connectivity index (χ3v) is 1.99. The summed E-state index contributed by atoms with van der Waals surface area (Å²) < 4.78 is 1.35. The lowest BCUT2D eigenvalue weighted by Gasteiger charge is -2.02. The molecule has 2 aromatic heterocycles. The number of hydrazine groups is 1. The minimum atomic E-state index is -0.231. The number of hydrogen-bond donors (Lipinski definition) is 2. The second-order valence-corrected chi connectivity index (χ2v) is 3.14. The van der Waals surface area contributed by atoms with Crippen LogP contribution in [0.2, 0.25) is 5.02 Å². The zero-order chi connectivity index (χ0) is 10.1. The second-order valence-electron chi connectivity index (χ2n) is 2.70. The molecular formula is C8H7ClN4O. The summed E-state index contributed by atoms with van der Waals surface area (Å²) in [4.78, 5) is 15.5. The van der Waals surface area contributed by atoms with Gasteiger partial charge in [-0.3, -0.25) is 9.20 Å². The first-order valence-corrected chi connectivity index (χ1v) is 4.24. The van der Waals surface area contributed by atoms with Crippen LogP contribution in [0.4, 0.5) is 5.82 Å². The fourth-order valence-corrected chi connectivity index (χ4v) is 1.31. The highest BCUT2D eigenvalue weighted by Gasteiger charge is 2.00. The molecule has 2 heterocycles. The normalized spacial score (nSPS) is 10.4. The van der Waals surface area contributed by atoms with Crippen molar-refractivity contribution in [3.05, 3.63) is 39.8 Å². The van der Waals surface area contributed by atoms with Gasteiger partial charge < -0.3 is 5.43 Å². The Labute approximate surface area is 84.1 Å². The summed E-state index contributed by atoms with van der Waals surface area (Å²) in [5.74, 6) is 5.48. The lowest BCUT2D eigenvalue weighted by atomic mass is 10.4. The summed E-state index contributed by atoms with van der Waals surface area (Å²) >= 11 is 5.74. The zero-order valence-corrected chi connectivity index (χ0v) is 7.82. The van der Waals surface area contributed by atoms with Gasteiger partial charge in [0, 0.05) is 12.3 Å². The quantitative estimate of drug-likeness (QED) is 0.535. The number of nitrogens with one attached hydrogen (secondary N) is 1. The molecule has 5 nitrogen and oxygen atoms in total. The van der Waals surface area contributed by atoms with Crippen molar-refractivity contribution < 1.29 is 0 Å². The van der Waals surface area contributed by atoms with Crippen LogP contribution in [0.3, 0.4) is 0 Å². The first kappa shape index (κ1) is 8.98. The third-order valence-electron chi connectivity index (χ3n) is 1.77. The fraction of sp³-hybridized carbons (Fsp3) is 0. The van der Waals surface area contributed by atoms with Crippen LogP contribution in [0.5, 0.6) is 0 Å². The van der Waals surface area contributed by atoms with Crippen LogP contribution in [-0.4, -0.2) is 9.38 Å². The van der Waals surface area contributed by atoms with Crippen LogP contribution in [0, 0.1) is 0 Å². The number of nitrogens with two attached hydrogens (primary N) is 1. The van der Waals surface area contributed by atoms with E-state index >= 15 is 0 Å². The van der Waals surface area contributed by atoms with Gasteiger partial charge in [0.1, 0.15) is 11.5 Å². The molecule has 2 aromatic rings. The van der Waals surface area contributed by atoms with Gasteiger partial charge in [-0.1, -0.05) is 11.6 Å². The van der Waals surface area contributed by atoms with Crippen molar-refractivity contribution in [3.63, 3.8) is 0 Å². The lowest BCUT2D eigenvalue weighted by Crippen LogP contribution is -2.18. The molecule has 0 atom stereocenters. The number of aromatic nitrogens is 2. The topological polar surface area (TPSA) is 72.4 Å². The van der Waals surface area contributed by atoms with E-state index in [1.54, 1.807) is 12.1 Å². The molecule has 0 unspecified atom stereocenters. The highest BCUT2D eigenvalue weighted by atomic mass is 35.5. The van der Waals surface area contributed by atoms with E-state index in [0.717, 1.165) is 0 Å². The van der Waals surface area contributed by atoms with E-state index in [0.29, 0.717) is 16.5 Å². The van der Waals surface area contributed by atoms with E-state index in [2.05, 4.69) is 10.4 Å². The Morgan fingerprint density at radius 1 is 1.50 bits per heavy atom. The van der Waals surface area contributed by atoms with Crippen LogP contribution in [0.1, 0.15) is 0 Å². The summed E-state index contributed by atoms with van der Waals surface area (Å²) in [5.41, 5.74) is 2.58. The molecule has 2 rings (SSSR count). The maximum Gasteiger partial charge on any atom is 0.260 e. The largest absolute Gasteiger partial charge is 0.308 e. The minimum Gasteiger partial charge on any atom is -0.308 e. The Bertz CT molecular complexity index is 536. The Kier molecular flexibility index (Phi) is 2.11. The monoisotopic (exact) mass is 210 g/mol. The first-order chi connectivity index (χ1) is 6.70. The molecular weight excluding hydrogens is 204 g/mol. The minimum absolute atomic E-state index is 0.231. The Hall–Kier alpha value is -1.59. The number of rotatable bonds is 1. The average Bonchev–Trinajstić information content (AvgIpc) is 2.19. The number of pyridine rings is 1. The Balaban J connectivity index is 2.83. The van der Waals surface area contributed by atoms with Crippen molar-refractivity contribution in [1.82, 2.24) is 9.38 Å². The van der Waals surface area contributed by atoms with Gasteiger partial charge in [-0.2, -0.15) is 0 Å². The second kappa shape index (κ2) is 3.28. The van der Waals surface area contributed by atoms with Gasteiger partial charge in [0.25, 0.3) is 5.56 Å². The van der Waals surface area contributed by atoms with Crippen molar-refractivity contribution in [3.8, 4) is 0 Å². The summed E-state index contributed by atoms with van der Waals surface area (Å²) in [6.07, 6.45) is 1.51. The smallest absolute Gasteiger partial charge is 0.260 e. The van der Waals surface area contributed by atoms with Crippen LogP contribution >= 0.6 is 11.6 Å². The van der Waals surface area contributed by atoms with Crippen LogP contribution < -0.4 is 16.8 Å². The standard InChI is InChI=1S/C8H7ClN4O/c9-5-1-2-7-11-6(12-10)3-8(14)13(7)4-5/h1-4,12H,10H2. The Morgan fingerprint density at radius 2 is 2.29 bits per heavy atom. The van der Waals surface area contributed by atoms with Gasteiger partial charge in [0.05, 0.1) is 5.02 Å². The molecule has 14 heavy (non-hydrogen) atoms. The predicted octanol–water partition coefficient (Wildman–Crippen LogP) is 0.634. The molecule has 72 valence electrons. The molecule has 0 aliphatic carbocycles. The van der Waals surface area contributed by atoms with Gasteiger partial charge in [-0.25, -0.2) is 10.8 Å². The van der Waals surface area contributed by atoms with E-state index < -0.39 is 0 Å². The van der Waals surface area contributed by atoms with E-state index in [-0.39, 0.29) is 5.56 Å². The molecule has 0 bridgehead atoms. The molecule has 0 amide bonds. The van der Waals surface area contributed by atoms with Gasteiger partial charge in [0.15, 0.2) is 0 Å². The molecule has 0 saturated carbocycles. The van der Waals surface area contributed by atoms with E-state index in [1.807, 2.05) is 0 Å². The number of fused-ring (bicyclic) bond motifs is 1. The summed E-state index contributed by atoms with van der Waals surface area (Å²) in [6, 6.07) is 4.59. The van der Waals surface area contributed by atoms with Gasteiger partial charge >= 0.3 is 0 Å². The SMILES string of the molecule is NNc1cc(=O)n2cc(Cl)ccc2n1. The third kappa shape index (κ3) is 1.43. The molecule has 0 saturated heterocycles. The van der Waals surface area contributed by atoms with Crippen molar-refractivity contribution in [2.24, 2.45) is 5.84 Å². The van der Waals surface area contributed by atoms with Gasteiger partial charge in [-0.15, -0.1) is 0 Å². The molecule has 0 spiro atoms. The van der Waals surface area contributed by atoms with Crippen molar-refractivity contribution in [1.29, 1.82) is 0 Å². The molecule has 0 aromatic carbocycles. The maximum absolute atomic E-state index is 11.5. The first-order valence-electron chi connectivity index (χ1n) is 3.86. The van der Waals surface area contributed by atoms with Crippen LogP contribution in [0.15, 0.2) is 29.2 Å². The van der Waals surface area contributed by atoms with Gasteiger partial charge in [0.2, 0.25) is 0 Å². The molecule has 6 heteroatoms. The molecule has 0 aliphatic heterocycles. The van der Waals surface area contributed by atoms with E-state index in [1.165, 1.54) is 16.7 Å². The van der Waals surface area contributed by atoms with Crippen LogP contribution in [0.25, 0.3) is 5.65 Å². The number of nitrogens with zero attached hydrogens (tertiary/aromatic N) is 2. The summed E-state index contributed by atoms with van der Waals surface area (Å²) in [5, 5.41) is 0.481.